The van der Waals surface area contributed by atoms with Gasteiger partial charge in [0.25, 0.3) is 5.89 Å². The average Bonchev–Trinajstić information content (AvgIpc) is 3.46. The quantitative estimate of drug-likeness (QED) is 0.388. The van der Waals surface area contributed by atoms with Gasteiger partial charge in [0.15, 0.2) is 11.5 Å². The molecule has 1 N–H and O–H groups in total. The molecule has 2 heterocycles. The highest BCUT2D eigenvalue weighted by Gasteiger charge is 2.14. The molecule has 8 heteroatoms. The van der Waals surface area contributed by atoms with Crippen molar-refractivity contribution in [1.29, 1.82) is 0 Å². The molecule has 0 bridgehead atoms. The van der Waals surface area contributed by atoms with E-state index in [1.54, 1.807) is 26.4 Å². The molecule has 2 aromatic heterocycles. The van der Waals surface area contributed by atoms with Crippen LogP contribution in [0, 0.1) is 0 Å². The van der Waals surface area contributed by atoms with Gasteiger partial charge in [-0.1, -0.05) is 41.0 Å². The molecule has 0 saturated heterocycles. The second kappa shape index (κ2) is 7.77. The predicted molar refractivity (Wildman–Crippen MR) is 118 cm³/mol. The lowest BCUT2D eigenvalue weighted by Gasteiger charge is -2.07. The molecule has 0 spiro atoms. The molecule has 154 valence electrons. The van der Waals surface area contributed by atoms with Crippen LogP contribution in [-0.4, -0.2) is 34.3 Å². The summed E-state index contributed by atoms with van der Waals surface area (Å²) in [7, 11) is 3.17. The van der Waals surface area contributed by atoms with Gasteiger partial charge in [0.05, 0.1) is 25.3 Å². The van der Waals surface area contributed by atoms with Crippen LogP contribution >= 0.6 is 11.6 Å². The number of H-pyrrole nitrogens is 1. The molecule has 5 aromatic rings. The summed E-state index contributed by atoms with van der Waals surface area (Å²) in [5.74, 6) is 2.88. The summed E-state index contributed by atoms with van der Waals surface area (Å²) in [6, 6.07) is 18.8. The number of aromatic amines is 1. The van der Waals surface area contributed by atoms with E-state index in [0.29, 0.717) is 28.2 Å². The fraction of sp³-hybridized carbons (Fsp3) is 0.0870. The third-order valence-corrected chi connectivity index (χ3v) is 5.15. The molecule has 5 rings (SSSR count). The maximum atomic E-state index is 6.05. The Hall–Kier alpha value is -3.84. The van der Waals surface area contributed by atoms with Gasteiger partial charge in [-0.2, -0.15) is 4.98 Å². The highest BCUT2D eigenvalue weighted by molar-refractivity contribution is 6.31. The van der Waals surface area contributed by atoms with Crippen molar-refractivity contribution in [3.05, 3.63) is 65.7 Å². The Labute approximate surface area is 182 Å². The molecule has 3 aromatic carbocycles. The Morgan fingerprint density at radius 1 is 0.806 bits per heavy atom. The fourth-order valence-electron chi connectivity index (χ4n) is 3.32. The minimum Gasteiger partial charge on any atom is -0.493 e. The zero-order valence-electron chi connectivity index (χ0n) is 16.7. The van der Waals surface area contributed by atoms with Crippen molar-refractivity contribution in [2.45, 2.75) is 0 Å². The SMILES string of the molecule is COc1ccc(-c2nc(-c3ccc(-c4nc5cc(Cl)ccc5[nH]4)cc3)no2)cc1OC. The van der Waals surface area contributed by atoms with E-state index in [0.717, 1.165) is 33.5 Å². The van der Waals surface area contributed by atoms with Gasteiger partial charge in [0.1, 0.15) is 5.82 Å². The number of benzene rings is 3. The second-order valence-corrected chi connectivity index (χ2v) is 7.25. The minimum atomic E-state index is 0.397. The molecule has 0 radical (unpaired) electrons. The van der Waals surface area contributed by atoms with Crippen molar-refractivity contribution in [2.24, 2.45) is 0 Å². The first kappa shape index (κ1) is 19.1. The van der Waals surface area contributed by atoms with Gasteiger partial charge < -0.3 is 19.0 Å². The average molecular weight is 433 g/mol. The fourth-order valence-corrected chi connectivity index (χ4v) is 3.49. The van der Waals surface area contributed by atoms with Gasteiger partial charge in [-0.15, -0.1) is 0 Å². The molecule has 0 saturated carbocycles. The maximum absolute atomic E-state index is 6.05. The predicted octanol–water partition coefficient (Wildman–Crippen LogP) is 5.62. The van der Waals surface area contributed by atoms with E-state index in [9.17, 15) is 0 Å². The van der Waals surface area contributed by atoms with Crippen molar-refractivity contribution in [3.63, 3.8) is 0 Å². The molecule has 0 aliphatic rings. The van der Waals surface area contributed by atoms with Gasteiger partial charge in [-0.05, 0) is 36.4 Å². The summed E-state index contributed by atoms with van der Waals surface area (Å²) in [5, 5.41) is 4.77. The van der Waals surface area contributed by atoms with Crippen LogP contribution < -0.4 is 9.47 Å². The third kappa shape index (κ3) is 3.60. The number of nitrogens with zero attached hydrogens (tertiary/aromatic N) is 3. The highest BCUT2D eigenvalue weighted by Crippen LogP contribution is 2.32. The number of ether oxygens (including phenoxy) is 2. The summed E-state index contributed by atoms with van der Waals surface area (Å²) >= 11 is 6.05. The van der Waals surface area contributed by atoms with Crippen LogP contribution in [0.5, 0.6) is 11.5 Å². The number of methoxy groups -OCH3 is 2. The van der Waals surface area contributed by atoms with Crippen molar-refractivity contribution in [1.82, 2.24) is 20.1 Å². The van der Waals surface area contributed by atoms with Crippen molar-refractivity contribution in [2.75, 3.05) is 14.2 Å². The van der Waals surface area contributed by atoms with Crippen LogP contribution in [0.1, 0.15) is 0 Å². The lowest BCUT2D eigenvalue weighted by Crippen LogP contribution is -1.91. The zero-order chi connectivity index (χ0) is 21.4. The second-order valence-electron chi connectivity index (χ2n) is 6.82. The number of imidazole rings is 1. The third-order valence-electron chi connectivity index (χ3n) is 4.92. The van der Waals surface area contributed by atoms with Crippen LogP contribution in [0.15, 0.2) is 65.2 Å². The number of hydrogen-bond donors (Lipinski definition) is 1. The number of fused-ring (bicyclic) bond motifs is 1. The lowest BCUT2D eigenvalue weighted by atomic mass is 10.1. The molecule has 0 unspecified atom stereocenters. The number of rotatable bonds is 5. The Bertz CT molecular complexity index is 1380. The first-order chi connectivity index (χ1) is 15.1. The highest BCUT2D eigenvalue weighted by atomic mass is 35.5. The standard InChI is InChI=1S/C23H17ClN4O3/c1-29-19-10-7-15(11-20(19)30-2)23-27-22(28-31-23)14-5-3-13(4-6-14)21-25-17-9-8-16(24)12-18(17)26-21/h3-12H,1-2H3,(H,25,26). The van der Waals surface area contributed by atoms with Gasteiger partial charge in [0, 0.05) is 21.7 Å². The normalized spacial score (nSPS) is 11.1. The first-order valence-electron chi connectivity index (χ1n) is 9.47. The van der Waals surface area contributed by atoms with Gasteiger partial charge in [-0.3, -0.25) is 0 Å². The van der Waals surface area contributed by atoms with E-state index in [1.807, 2.05) is 48.5 Å². The van der Waals surface area contributed by atoms with Crippen LogP contribution in [0.2, 0.25) is 5.02 Å². The maximum Gasteiger partial charge on any atom is 0.258 e. The summed E-state index contributed by atoms with van der Waals surface area (Å²) in [4.78, 5) is 12.4. The van der Waals surface area contributed by atoms with Crippen molar-refractivity contribution in [3.8, 4) is 45.7 Å². The van der Waals surface area contributed by atoms with Gasteiger partial charge >= 0.3 is 0 Å². The van der Waals surface area contributed by atoms with E-state index >= 15 is 0 Å². The zero-order valence-corrected chi connectivity index (χ0v) is 17.5. The van der Waals surface area contributed by atoms with E-state index in [-0.39, 0.29) is 0 Å². The largest absolute Gasteiger partial charge is 0.493 e. The first-order valence-corrected chi connectivity index (χ1v) is 9.84. The number of halogens is 1. The number of aromatic nitrogens is 4. The molecule has 0 aliphatic heterocycles. The Morgan fingerprint density at radius 3 is 2.32 bits per heavy atom. The summed E-state index contributed by atoms with van der Waals surface area (Å²) < 4.78 is 16.1. The molecule has 0 aliphatic carbocycles. The molecule has 31 heavy (non-hydrogen) atoms. The molecular formula is C23H17ClN4O3. The van der Waals surface area contributed by atoms with E-state index in [4.69, 9.17) is 25.6 Å². The Balaban J connectivity index is 1.42. The van der Waals surface area contributed by atoms with E-state index < -0.39 is 0 Å². The number of hydrogen-bond acceptors (Lipinski definition) is 6. The minimum absolute atomic E-state index is 0.397. The molecule has 7 nitrogen and oxygen atoms in total. The summed E-state index contributed by atoms with van der Waals surface area (Å²) in [5.41, 5.74) is 4.28. The molecule has 0 fully saturated rings. The smallest absolute Gasteiger partial charge is 0.258 e. The van der Waals surface area contributed by atoms with Crippen LogP contribution in [0.4, 0.5) is 0 Å². The monoisotopic (exact) mass is 432 g/mol. The van der Waals surface area contributed by atoms with Crippen molar-refractivity contribution >= 4 is 22.6 Å². The molecule has 0 atom stereocenters. The van der Waals surface area contributed by atoms with Gasteiger partial charge in [-0.25, -0.2) is 4.98 Å². The summed E-state index contributed by atoms with van der Waals surface area (Å²) in [6.07, 6.45) is 0. The van der Waals surface area contributed by atoms with Crippen LogP contribution in [0.3, 0.4) is 0 Å². The molecule has 0 amide bonds. The topological polar surface area (TPSA) is 86.1 Å². The Kier molecular flexibility index (Phi) is 4.80. The molecular weight excluding hydrogens is 416 g/mol. The van der Waals surface area contributed by atoms with E-state index in [2.05, 4.69) is 20.1 Å². The van der Waals surface area contributed by atoms with Gasteiger partial charge in [0.2, 0.25) is 5.82 Å². The number of nitrogens with one attached hydrogen (secondary N) is 1. The van der Waals surface area contributed by atoms with Crippen molar-refractivity contribution < 1.29 is 14.0 Å². The van der Waals surface area contributed by atoms with E-state index in [1.165, 1.54) is 0 Å². The lowest BCUT2D eigenvalue weighted by molar-refractivity contribution is 0.355. The van der Waals surface area contributed by atoms with Crippen LogP contribution in [0.25, 0.3) is 45.3 Å². The summed E-state index contributed by atoms with van der Waals surface area (Å²) in [6.45, 7) is 0. The van der Waals surface area contributed by atoms with Crippen LogP contribution in [-0.2, 0) is 0 Å². The Morgan fingerprint density at radius 2 is 1.55 bits per heavy atom.